The van der Waals surface area contributed by atoms with Crippen LogP contribution in [0.1, 0.15) is 4.88 Å². The summed E-state index contributed by atoms with van der Waals surface area (Å²) in [6.45, 7) is 0.610. The van der Waals surface area contributed by atoms with Gasteiger partial charge in [-0.2, -0.15) is 0 Å². The first-order valence-electron chi connectivity index (χ1n) is 3.77. The summed E-state index contributed by atoms with van der Waals surface area (Å²) >= 11 is 1.73. The Kier molecular flexibility index (Phi) is 1.75. The molecule has 0 aliphatic rings. The number of fused-ring (bicyclic) bond motifs is 1. The van der Waals surface area contributed by atoms with Crippen LogP contribution in [0.15, 0.2) is 24.3 Å². The summed E-state index contributed by atoms with van der Waals surface area (Å²) in [4.78, 5) is 1.20. The number of anilines is 1. The molecule has 0 amide bonds. The number of rotatable bonds is 1. The first kappa shape index (κ1) is 7.58. The molecule has 2 aromatic rings. The van der Waals surface area contributed by atoms with E-state index in [9.17, 15) is 0 Å². The van der Waals surface area contributed by atoms with Crippen LogP contribution >= 0.6 is 11.3 Å². The van der Waals surface area contributed by atoms with Crippen molar-refractivity contribution in [3.8, 4) is 0 Å². The molecule has 0 radical (unpaired) electrons. The number of thiophene rings is 1. The van der Waals surface area contributed by atoms with Crippen molar-refractivity contribution in [1.29, 1.82) is 0 Å². The number of nitrogens with two attached hydrogens (primary N) is 2. The van der Waals surface area contributed by atoms with Gasteiger partial charge >= 0.3 is 0 Å². The van der Waals surface area contributed by atoms with Gasteiger partial charge < -0.3 is 11.5 Å². The number of nitrogen functional groups attached to an aromatic ring is 1. The van der Waals surface area contributed by atoms with E-state index in [1.165, 1.54) is 15.0 Å². The van der Waals surface area contributed by atoms with Gasteiger partial charge in [-0.15, -0.1) is 11.3 Å². The van der Waals surface area contributed by atoms with Gasteiger partial charge in [-0.05, 0) is 29.7 Å². The molecule has 2 rings (SSSR count). The van der Waals surface area contributed by atoms with Gasteiger partial charge in [0.15, 0.2) is 0 Å². The Hall–Kier alpha value is -1.06. The quantitative estimate of drug-likeness (QED) is 0.656. The Balaban J connectivity index is 2.67. The van der Waals surface area contributed by atoms with Gasteiger partial charge in [0.2, 0.25) is 0 Å². The van der Waals surface area contributed by atoms with Gasteiger partial charge in [0.25, 0.3) is 0 Å². The molecule has 0 aliphatic carbocycles. The van der Waals surface area contributed by atoms with Gasteiger partial charge in [-0.25, -0.2) is 0 Å². The van der Waals surface area contributed by atoms with E-state index in [2.05, 4.69) is 6.07 Å². The Bertz CT molecular complexity index is 406. The van der Waals surface area contributed by atoms with Crippen LogP contribution in [0.2, 0.25) is 0 Å². The highest BCUT2D eigenvalue weighted by atomic mass is 32.1. The second-order valence-corrected chi connectivity index (χ2v) is 3.88. The Morgan fingerprint density at radius 2 is 2.08 bits per heavy atom. The van der Waals surface area contributed by atoms with Gasteiger partial charge in [0.05, 0.1) is 0 Å². The van der Waals surface area contributed by atoms with Crippen LogP contribution in [-0.2, 0) is 6.54 Å². The maximum absolute atomic E-state index is 5.65. The molecule has 0 spiro atoms. The minimum atomic E-state index is 0.610. The third-order valence-corrected chi connectivity index (χ3v) is 2.93. The fourth-order valence-electron chi connectivity index (χ4n) is 1.22. The molecule has 0 unspecified atom stereocenters. The standard InChI is InChI=1S/C9H10N2S/c10-5-8-4-6-3-7(11)1-2-9(6)12-8/h1-4H,5,10-11H2. The van der Waals surface area contributed by atoms with E-state index in [-0.39, 0.29) is 0 Å². The lowest BCUT2D eigenvalue weighted by atomic mass is 10.2. The van der Waals surface area contributed by atoms with Crippen LogP contribution in [0.5, 0.6) is 0 Å². The zero-order valence-corrected chi connectivity index (χ0v) is 7.40. The normalized spacial score (nSPS) is 10.8. The predicted molar refractivity (Wildman–Crippen MR) is 54.1 cm³/mol. The van der Waals surface area contributed by atoms with Crippen molar-refractivity contribution < 1.29 is 0 Å². The van der Waals surface area contributed by atoms with Crippen molar-refractivity contribution in [2.45, 2.75) is 6.54 Å². The zero-order chi connectivity index (χ0) is 8.55. The molecule has 0 saturated carbocycles. The van der Waals surface area contributed by atoms with E-state index >= 15 is 0 Å². The Labute approximate surface area is 74.8 Å². The third-order valence-electron chi connectivity index (χ3n) is 1.79. The molecule has 0 fully saturated rings. The smallest absolute Gasteiger partial charge is 0.0347 e. The molecular formula is C9H10N2S. The highest BCUT2D eigenvalue weighted by Gasteiger charge is 1.99. The summed E-state index contributed by atoms with van der Waals surface area (Å²) in [5, 5.41) is 1.19. The lowest BCUT2D eigenvalue weighted by Crippen LogP contribution is -1.91. The van der Waals surface area contributed by atoms with Crippen molar-refractivity contribution in [3.05, 3.63) is 29.1 Å². The summed E-state index contributed by atoms with van der Waals surface area (Å²) in [6, 6.07) is 8.02. The van der Waals surface area contributed by atoms with Crippen molar-refractivity contribution in [1.82, 2.24) is 0 Å². The number of hydrogen-bond acceptors (Lipinski definition) is 3. The van der Waals surface area contributed by atoms with E-state index < -0.39 is 0 Å². The predicted octanol–water partition coefficient (Wildman–Crippen LogP) is 1.94. The molecule has 2 nitrogen and oxygen atoms in total. The number of benzene rings is 1. The van der Waals surface area contributed by atoms with E-state index in [0.717, 1.165) is 5.69 Å². The maximum atomic E-state index is 5.65. The van der Waals surface area contributed by atoms with Crippen LogP contribution in [0.25, 0.3) is 10.1 Å². The van der Waals surface area contributed by atoms with Crippen molar-refractivity contribution in [2.75, 3.05) is 5.73 Å². The zero-order valence-electron chi connectivity index (χ0n) is 6.58. The molecule has 1 heterocycles. The number of hydrogen-bond donors (Lipinski definition) is 2. The Morgan fingerprint density at radius 3 is 2.83 bits per heavy atom. The van der Waals surface area contributed by atoms with Crippen molar-refractivity contribution >= 4 is 27.1 Å². The third kappa shape index (κ3) is 1.17. The lowest BCUT2D eigenvalue weighted by molar-refractivity contribution is 1.11. The summed E-state index contributed by atoms with van der Waals surface area (Å²) in [7, 11) is 0. The lowest BCUT2D eigenvalue weighted by Gasteiger charge is -1.90. The monoisotopic (exact) mass is 178 g/mol. The first-order valence-corrected chi connectivity index (χ1v) is 4.59. The summed E-state index contributed by atoms with van der Waals surface area (Å²) in [5.41, 5.74) is 12.0. The maximum Gasteiger partial charge on any atom is 0.0347 e. The second kappa shape index (κ2) is 2.77. The van der Waals surface area contributed by atoms with Crippen molar-refractivity contribution in [3.63, 3.8) is 0 Å². The molecule has 1 aromatic heterocycles. The Morgan fingerprint density at radius 1 is 1.25 bits per heavy atom. The van der Waals surface area contributed by atoms with Crippen LogP contribution in [0, 0.1) is 0 Å². The van der Waals surface area contributed by atoms with E-state index in [1.807, 2.05) is 18.2 Å². The topological polar surface area (TPSA) is 52.0 Å². The van der Waals surface area contributed by atoms with E-state index in [4.69, 9.17) is 11.5 Å². The van der Waals surface area contributed by atoms with E-state index in [0.29, 0.717) is 6.54 Å². The van der Waals surface area contributed by atoms with Crippen LogP contribution < -0.4 is 11.5 Å². The fourth-order valence-corrected chi connectivity index (χ4v) is 2.14. The molecule has 0 aliphatic heterocycles. The average molecular weight is 178 g/mol. The van der Waals surface area contributed by atoms with E-state index in [1.54, 1.807) is 11.3 Å². The molecule has 3 heteroatoms. The van der Waals surface area contributed by atoms with Crippen molar-refractivity contribution in [2.24, 2.45) is 5.73 Å². The molecule has 12 heavy (non-hydrogen) atoms. The average Bonchev–Trinajstić information content (AvgIpc) is 2.46. The van der Waals surface area contributed by atoms with Gasteiger partial charge in [-0.3, -0.25) is 0 Å². The minimum Gasteiger partial charge on any atom is -0.399 e. The van der Waals surface area contributed by atoms with Gasteiger partial charge in [-0.1, -0.05) is 0 Å². The summed E-state index contributed by atoms with van der Waals surface area (Å²) in [5.74, 6) is 0. The minimum absolute atomic E-state index is 0.610. The highest BCUT2D eigenvalue weighted by molar-refractivity contribution is 7.19. The highest BCUT2D eigenvalue weighted by Crippen LogP contribution is 2.26. The fraction of sp³-hybridized carbons (Fsp3) is 0.111. The second-order valence-electron chi connectivity index (χ2n) is 2.71. The van der Waals surface area contributed by atoms with Crippen LogP contribution in [0.3, 0.4) is 0 Å². The molecule has 0 atom stereocenters. The van der Waals surface area contributed by atoms with Gasteiger partial charge in [0.1, 0.15) is 0 Å². The molecule has 1 aromatic carbocycles. The molecule has 62 valence electrons. The largest absolute Gasteiger partial charge is 0.399 e. The molecular weight excluding hydrogens is 168 g/mol. The summed E-state index contributed by atoms with van der Waals surface area (Å²) in [6.07, 6.45) is 0. The van der Waals surface area contributed by atoms with Crippen LogP contribution in [0.4, 0.5) is 5.69 Å². The SMILES string of the molecule is NCc1cc2cc(N)ccc2s1. The van der Waals surface area contributed by atoms with Gasteiger partial charge in [0, 0.05) is 21.8 Å². The van der Waals surface area contributed by atoms with Crippen LogP contribution in [-0.4, -0.2) is 0 Å². The molecule has 0 bridgehead atoms. The molecule has 0 saturated heterocycles. The first-order chi connectivity index (χ1) is 5.79. The summed E-state index contributed by atoms with van der Waals surface area (Å²) < 4.78 is 1.25. The molecule has 4 N–H and O–H groups in total.